The lowest BCUT2D eigenvalue weighted by Gasteiger charge is -2.31. The molecule has 0 aromatic rings. The van der Waals surface area contributed by atoms with E-state index in [0.717, 1.165) is 18.6 Å². The third-order valence-electron chi connectivity index (χ3n) is 4.40. The molecule has 0 aromatic heterocycles. The first-order chi connectivity index (χ1) is 7.90. The van der Waals surface area contributed by atoms with E-state index in [1.165, 1.54) is 57.8 Å². The van der Waals surface area contributed by atoms with Gasteiger partial charge < -0.3 is 10.1 Å². The monoisotopic (exact) mass is 225 g/mol. The van der Waals surface area contributed by atoms with Crippen molar-refractivity contribution in [2.24, 2.45) is 5.92 Å². The van der Waals surface area contributed by atoms with Crippen LogP contribution < -0.4 is 5.32 Å². The van der Waals surface area contributed by atoms with E-state index >= 15 is 0 Å². The number of hydrogen-bond acceptors (Lipinski definition) is 2. The van der Waals surface area contributed by atoms with Crippen LogP contribution in [-0.2, 0) is 4.74 Å². The summed E-state index contributed by atoms with van der Waals surface area (Å²) in [6, 6.07) is 0.790. The molecule has 1 heterocycles. The van der Waals surface area contributed by atoms with Gasteiger partial charge in [-0.05, 0) is 51.5 Å². The van der Waals surface area contributed by atoms with Crippen LogP contribution in [0.2, 0.25) is 0 Å². The van der Waals surface area contributed by atoms with E-state index in [-0.39, 0.29) is 0 Å². The Morgan fingerprint density at radius 2 is 1.94 bits per heavy atom. The van der Waals surface area contributed by atoms with Gasteiger partial charge in [0.05, 0.1) is 6.10 Å². The van der Waals surface area contributed by atoms with Crippen LogP contribution in [-0.4, -0.2) is 25.8 Å². The van der Waals surface area contributed by atoms with Gasteiger partial charge >= 0.3 is 0 Å². The molecule has 2 fully saturated rings. The first-order valence-electron chi connectivity index (χ1n) is 7.19. The van der Waals surface area contributed by atoms with Crippen molar-refractivity contribution in [2.45, 2.75) is 69.9 Å². The molecule has 2 nitrogen and oxygen atoms in total. The summed E-state index contributed by atoms with van der Waals surface area (Å²) in [4.78, 5) is 0. The molecule has 0 radical (unpaired) electrons. The molecule has 1 saturated carbocycles. The number of rotatable bonds is 5. The molecule has 3 unspecified atom stereocenters. The highest BCUT2D eigenvalue weighted by Gasteiger charge is 2.23. The molecule has 0 amide bonds. The predicted molar refractivity (Wildman–Crippen MR) is 67.6 cm³/mol. The molecule has 2 heteroatoms. The van der Waals surface area contributed by atoms with E-state index in [4.69, 9.17) is 4.74 Å². The second-order valence-corrected chi connectivity index (χ2v) is 5.51. The van der Waals surface area contributed by atoms with Gasteiger partial charge in [0, 0.05) is 12.6 Å². The van der Waals surface area contributed by atoms with Gasteiger partial charge in [-0.25, -0.2) is 0 Å². The van der Waals surface area contributed by atoms with Crippen molar-refractivity contribution >= 4 is 0 Å². The Morgan fingerprint density at radius 1 is 1.06 bits per heavy atom. The molecular weight excluding hydrogens is 198 g/mol. The molecule has 2 rings (SSSR count). The number of ether oxygens (including phenoxy) is 1. The second kappa shape index (κ2) is 6.61. The van der Waals surface area contributed by atoms with Crippen LogP contribution in [0.15, 0.2) is 0 Å². The summed E-state index contributed by atoms with van der Waals surface area (Å²) in [5.41, 5.74) is 0. The van der Waals surface area contributed by atoms with Gasteiger partial charge in [0.15, 0.2) is 0 Å². The van der Waals surface area contributed by atoms with Gasteiger partial charge in [0.25, 0.3) is 0 Å². The van der Waals surface area contributed by atoms with E-state index in [1.807, 2.05) is 0 Å². The highest BCUT2D eigenvalue weighted by molar-refractivity contribution is 4.80. The molecule has 0 bridgehead atoms. The average Bonchev–Trinajstić information content (AvgIpc) is 2.83. The quantitative estimate of drug-likeness (QED) is 0.776. The van der Waals surface area contributed by atoms with Gasteiger partial charge in [-0.3, -0.25) is 0 Å². The SMILES string of the molecule is CNC1CCCCC1CCCC1CCCO1. The summed E-state index contributed by atoms with van der Waals surface area (Å²) >= 11 is 0. The summed E-state index contributed by atoms with van der Waals surface area (Å²) < 4.78 is 5.68. The summed E-state index contributed by atoms with van der Waals surface area (Å²) in [7, 11) is 2.13. The molecule has 0 aromatic carbocycles. The van der Waals surface area contributed by atoms with Crippen molar-refractivity contribution in [1.82, 2.24) is 5.32 Å². The first kappa shape index (κ1) is 12.4. The molecule has 1 aliphatic heterocycles. The maximum Gasteiger partial charge on any atom is 0.0576 e. The average molecular weight is 225 g/mol. The zero-order chi connectivity index (χ0) is 11.2. The van der Waals surface area contributed by atoms with Crippen molar-refractivity contribution in [3.8, 4) is 0 Å². The Hall–Kier alpha value is -0.0800. The second-order valence-electron chi connectivity index (χ2n) is 5.51. The van der Waals surface area contributed by atoms with Crippen molar-refractivity contribution < 1.29 is 4.74 Å². The number of nitrogens with one attached hydrogen (secondary N) is 1. The Morgan fingerprint density at radius 3 is 2.69 bits per heavy atom. The fraction of sp³-hybridized carbons (Fsp3) is 1.00. The Balaban J connectivity index is 1.63. The third kappa shape index (κ3) is 3.46. The van der Waals surface area contributed by atoms with Gasteiger partial charge in [0.2, 0.25) is 0 Å². The molecule has 2 aliphatic rings. The minimum absolute atomic E-state index is 0.594. The summed E-state index contributed by atoms with van der Waals surface area (Å²) in [5.74, 6) is 0.931. The van der Waals surface area contributed by atoms with E-state index in [0.29, 0.717) is 6.10 Å². The van der Waals surface area contributed by atoms with Crippen LogP contribution in [0, 0.1) is 5.92 Å². The highest BCUT2D eigenvalue weighted by Crippen LogP contribution is 2.29. The molecule has 3 atom stereocenters. The largest absolute Gasteiger partial charge is 0.378 e. The molecular formula is C14H27NO. The van der Waals surface area contributed by atoms with Crippen LogP contribution >= 0.6 is 0 Å². The maximum atomic E-state index is 5.68. The lowest BCUT2D eigenvalue weighted by Crippen LogP contribution is -2.36. The van der Waals surface area contributed by atoms with Crippen LogP contribution in [0.1, 0.15) is 57.8 Å². The smallest absolute Gasteiger partial charge is 0.0576 e. The van der Waals surface area contributed by atoms with E-state index in [2.05, 4.69) is 12.4 Å². The van der Waals surface area contributed by atoms with E-state index in [1.54, 1.807) is 0 Å². The van der Waals surface area contributed by atoms with Crippen LogP contribution in [0.4, 0.5) is 0 Å². The molecule has 0 spiro atoms. The van der Waals surface area contributed by atoms with Crippen LogP contribution in [0.5, 0.6) is 0 Å². The molecule has 1 saturated heterocycles. The standard InChI is InChI=1S/C14H27NO/c1-15-14-10-3-2-6-12(14)7-4-8-13-9-5-11-16-13/h12-15H,2-11H2,1H3. The van der Waals surface area contributed by atoms with Crippen LogP contribution in [0.3, 0.4) is 0 Å². The zero-order valence-corrected chi connectivity index (χ0v) is 10.7. The fourth-order valence-electron chi connectivity index (χ4n) is 3.41. The van der Waals surface area contributed by atoms with Gasteiger partial charge in [-0.2, -0.15) is 0 Å². The normalized spacial score (nSPS) is 35.4. The molecule has 94 valence electrons. The molecule has 1 N–H and O–H groups in total. The minimum Gasteiger partial charge on any atom is -0.378 e. The fourth-order valence-corrected chi connectivity index (χ4v) is 3.41. The summed E-state index contributed by atoms with van der Waals surface area (Å²) in [5, 5.41) is 3.50. The van der Waals surface area contributed by atoms with Crippen molar-refractivity contribution in [1.29, 1.82) is 0 Å². The van der Waals surface area contributed by atoms with Crippen LogP contribution in [0.25, 0.3) is 0 Å². The zero-order valence-electron chi connectivity index (χ0n) is 10.7. The predicted octanol–water partition coefficient (Wildman–Crippen LogP) is 3.11. The topological polar surface area (TPSA) is 21.3 Å². The summed E-state index contributed by atoms with van der Waals surface area (Å²) in [6.07, 6.45) is 13.0. The Bertz CT molecular complexity index is 189. The van der Waals surface area contributed by atoms with Gasteiger partial charge in [0.1, 0.15) is 0 Å². The molecule has 1 aliphatic carbocycles. The van der Waals surface area contributed by atoms with E-state index < -0.39 is 0 Å². The van der Waals surface area contributed by atoms with Crippen molar-refractivity contribution in [2.75, 3.05) is 13.7 Å². The number of hydrogen-bond donors (Lipinski definition) is 1. The minimum atomic E-state index is 0.594. The highest BCUT2D eigenvalue weighted by atomic mass is 16.5. The third-order valence-corrected chi connectivity index (χ3v) is 4.40. The summed E-state index contributed by atoms with van der Waals surface area (Å²) in [6.45, 7) is 1.01. The van der Waals surface area contributed by atoms with E-state index in [9.17, 15) is 0 Å². The Labute approximate surface area is 100 Å². The van der Waals surface area contributed by atoms with Crippen molar-refractivity contribution in [3.05, 3.63) is 0 Å². The maximum absolute atomic E-state index is 5.68. The lowest BCUT2D eigenvalue weighted by atomic mass is 9.81. The Kier molecular flexibility index (Phi) is 5.11. The van der Waals surface area contributed by atoms with Gasteiger partial charge in [-0.1, -0.05) is 19.3 Å². The lowest BCUT2D eigenvalue weighted by molar-refractivity contribution is 0.0990. The van der Waals surface area contributed by atoms with Gasteiger partial charge in [-0.15, -0.1) is 0 Å². The molecule has 16 heavy (non-hydrogen) atoms. The first-order valence-corrected chi connectivity index (χ1v) is 7.19. The van der Waals surface area contributed by atoms with Crippen molar-refractivity contribution in [3.63, 3.8) is 0 Å².